The molecule has 0 aromatic heterocycles. The number of rotatable bonds is 7. The lowest BCUT2D eigenvalue weighted by Gasteiger charge is -2.09. The smallest absolute Gasteiger partial charge is 0.271 e. The van der Waals surface area contributed by atoms with E-state index in [4.69, 9.17) is 9.47 Å². The summed E-state index contributed by atoms with van der Waals surface area (Å²) < 4.78 is 10.7. The van der Waals surface area contributed by atoms with Gasteiger partial charge in [-0.15, -0.1) is 0 Å². The fourth-order valence-corrected chi connectivity index (χ4v) is 2.18. The molecule has 0 bridgehead atoms. The molecule has 0 fully saturated rings. The second-order valence-corrected chi connectivity index (χ2v) is 5.30. The second-order valence-electron chi connectivity index (χ2n) is 5.30. The van der Waals surface area contributed by atoms with Crippen molar-refractivity contribution in [1.82, 2.24) is 5.43 Å². The Bertz CT molecular complexity index is 801. The Balaban J connectivity index is 2.00. The van der Waals surface area contributed by atoms with Crippen LogP contribution in [0, 0.1) is 0 Å². The minimum absolute atomic E-state index is 0.169. The number of nitrogens with zero attached hydrogens (tertiary/aromatic N) is 1. The summed E-state index contributed by atoms with van der Waals surface area (Å²) in [6.07, 6.45) is 1.52. The first-order chi connectivity index (χ1) is 12.5. The van der Waals surface area contributed by atoms with Crippen molar-refractivity contribution in [2.24, 2.45) is 5.10 Å². The van der Waals surface area contributed by atoms with Crippen LogP contribution < -0.4 is 20.2 Å². The zero-order valence-corrected chi connectivity index (χ0v) is 14.9. The molecule has 0 atom stereocenters. The molecule has 26 heavy (non-hydrogen) atoms. The summed E-state index contributed by atoms with van der Waals surface area (Å²) in [5, 5.41) is 6.59. The molecule has 0 aliphatic heterocycles. The molecule has 2 amide bonds. The number of carbonyl (C=O) groups excluding carboxylic acids is 2. The molecule has 0 heterocycles. The van der Waals surface area contributed by atoms with E-state index in [1.165, 1.54) is 13.1 Å². The van der Waals surface area contributed by atoms with Crippen molar-refractivity contribution in [3.8, 4) is 11.5 Å². The number of hydrogen-bond donors (Lipinski definition) is 2. The number of benzene rings is 2. The van der Waals surface area contributed by atoms with Gasteiger partial charge in [-0.25, -0.2) is 5.43 Å². The SMILES string of the molecule is CCOc1cc(/C=N\NC(=O)c2ccc(NC(C)=O)cc2)ccc1OC. The fraction of sp³-hybridized carbons (Fsp3) is 0.211. The molecule has 0 unspecified atom stereocenters. The van der Waals surface area contributed by atoms with Gasteiger partial charge in [-0.1, -0.05) is 0 Å². The van der Waals surface area contributed by atoms with Gasteiger partial charge >= 0.3 is 0 Å². The standard InChI is InChI=1S/C19H21N3O4/c1-4-26-18-11-14(5-10-17(18)25-3)12-20-22-19(24)15-6-8-16(9-7-15)21-13(2)23/h5-12H,4H2,1-3H3,(H,21,23)(H,22,24)/b20-12-. The summed E-state index contributed by atoms with van der Waals surface area (Å²) in [4.78, 5) is 23.1. The summed E-state index contributed by atoms with van der Waals surface area (Å²) in [5.41, 5.74) is 4.27. The van der Waals surface area contributed by atoms with Gasteiger partial charge in [0.2, 0.25) is 5.91 Å². The van der Waals surface area contributed by atoms with Gasteiger partial charge in [-0.05, 0) is 55.0 Å². The molecule has 2 aromatic rings. The monoisotopic (exact) mass is 355 g/mol. The normalized spacial score (nSPS) is 10.4. The van der Waals surface area contributed by atoms with Crippen molar-refractivity contribution in [3.63, 3.8) is 0 Å². The quantitative estimate of drug-likeness (QED) is 0.590. The molecule has 7 heteroatoms. The van der Waals surface area contributed by atoms with Crippen LogP contribution >= 0.6 is 0 Å². The van der Waals surface area contributed by atoms with Crippen molar-refractivity contribution in [2.75, 3.05) is 19.0 Å². The van der Waals surface area contributed by atoms with Crippen molar-refractivity contribution in [3.05, 3.63) is 53.6 Å². The van der Waals surface area contributed by atoms with Crippen molar-refractivity contribution in [2.45, 2.75) is 13.8 Å². The summed E-state index contributed by atoms with van der Waals surface area (Å²) in [6, 6.07) is 11.9. The highest BCUT2D eigenvalue weighted by atomic mass is 16.5. The van der Waals surface area contributed by atoms with Crippen LogP contribution in [0.1, 0.15) is 29.8 Å². The van der Waals surface area contributed by atoms with Crippen molar-refractivity contribution >= 4 is 23.7 Å². The van der Waals surface area contributed by atoms with Crippen LogP contribution in [0.15, 0.2) is 47.6 Å². The molecular formula is C19H21N3O4. The topological polar surface area (TPSA) is 89.0 Å². The molecule has 0 saturated heterocycles. The number of methoxy groups -OCH3 is 1. The van der Waals surface area contributed by atoms with E-state index in [0.717, 1.165) is 5.56 Å². The highest BCUT2D eigenvalue weighted by Crippen LogP contribution is 2.27. The third-order valence-corrected chi connectivity index (χ3v) is 3.33. The third kappa shape index (κ3) is 5.34. The Kier molecular flexibility index (Phi) is 6.73. The van der Waals surface area contributed by atoms with Crippen LogP contribution in [0.4, 0.5) is 5.69 Å². The minimum atomic E-state index is -0.353. The lowest BCUT2D eigenvalue weighted by molar-refractivity contribution is -0.114. The largest absolute Gasteiger partial charge is 0.493 e. The van der Waals surface area contributed by atoms with Gasteiger partial charge in [0.25, 0.3) is 5.91 Å². The van der Waals surface area contributed by atoms with Gasteiger partial charge in [0.05, 0.1) is 19.9 Å². The van der Waals surface area contributed by atoms with Crippen LogP contribution in [-0.2, 0) is 4.79 Å². The molecule has 0 aliphatic carbocycles. The summed E-state index contributed by atoms with van der Waals surface area (Å²) >= 11 is 0. The van der Waals surface area contributed by atoms with Crippen LogP contribution in [0.3, 0.4) is 0 Å². The van der Waals surface area contributed by atoms with Crippen molar-refractivity contribution in [1.29, 1.82) is 0 Å². The summed E-state index contributed by atoms with van der Waals surface area (Å²) in [5.74, 6) is 0.720. The zero-order valence-electron chi connectivity index (χ0n) is 14.9. The van der Waals surface area contributed by atoms with E-state index in [2.05, 4.69) is 15.8 Å². The van der Waals surface area contributed by atoms with Gasteiger partial charge in [-0.2, -0.15) is 5.10 Å². The molecule has 136 valence electrons. The Morgan fingerprint density at radius 3 is 2.46 bits per heavy atom. The van der Waals surface area contributed by atoms with Gasteiger partial charge in [0.15, 0.2) is 11.5 Å². The predicted octanol–water partition coefficient (Wildman–Crippen LogP) is 2.82. The van der Waals surface area contributed by atoms with E-state index in [9.17, 15) is 9.59 Å². The predicted molar refractivity (Wildman–Crippen MR) is 100.0 cm³/mol. The van der Waals surface area contributed by atoms with Crippen LogP contribution in [0.2, 0.25) is 0 Å². The Morgan fingerprint density at radius 1 is 1.12 bits per heavy atom. The lowest BCUT2D eigenvalue weighted by atomic mass is 10.2. The van der Waals surface area contributed by atoms with Crippen molar-refractivity contribution < 1.29 is 19.1 Å². The van der Waals surface area contributed by atoms with Gasteiger partial charge < -0.3 is 14.8 Å². The van der Waals surface area contributed by atoms with Gasteiger partial charge in [-0.3, -0.25) is 9.59 Å². The van der Waals surface area contributed by atoms with Crippen LogP contribution in [0.25, 0.3) is 0 Å². The molecule has 2 N–H and O–H groups in total. The van der Waals surface area contributed by atoms with Crippen LogP contribution in [-0.4, -0.2) is 31.7 Å². The Hall–Kier alpha value is -3.35. The minimum Gasteiger partial charge on any atom is -0.493 e. The molecule has 2 aromatic carbocycles. The number of hydrazone groups is 1. The molecule has 0 aliphatic rings. The van der Waals surface area contributed by atoms with E-state index in [0.29, 0.717) is 29.4 Å². The number of ether oxygens (including phenoxy) is 2. The van der Waals surface area contributed by atoms with E-state index in [1.807, 2.05) is 6.92 Å². The number of nitrogens with one attached hydrogen (secondary N) is 2. The number of hydrogen-bond acceptors (Lipinski definition) is 5. The molecule has 2 rings (SSSR count). The molecule has 0 spiro atoms. The maximum Gasteiger partial charge on any atom is 0.271 e. The van der Waals surface area contributed by atoms with E-state index < -0.39 is 0 Å². The molecule has 0 saturated carbocycles. The molecule has 0 radical (unpaired) electrons. The van der Waals surface area contributed by atoms with Crippen LogP contribution in [0.5, 0.6) is 11.5 Å². The number of carbonyl (C=O) groups is 2. The zero-order chi connectivity index (χ0) is 18.9. The first-order valence-corrected chi connectivity index (χ1v) is 8.05. The Morgan fingerprint density at radius 2 is 1.85 bits per heavy atom. The summed E-state index contributed by atoms with van der Waals surface area (Å²) in [6.45, 7) is 3.82. The number of amides is 2. The second kappa shape index (κ2) is 9.22. The Labute approximate surface area is 152 Å². The highest BCUT2D eigenvalue weighted by molar-refractivity contribution is 5.96. The summed E-state index contributed by atoms with van der Waals surface area (Å²) in [7, 11) is 1.57. The van der Waals surface area contributed by atoms with E-state index in [-0.39, 0.29) is 11.8 Å². The fourth-order valence-electron chi connectivity index (χ4n) is 2.18. The average Bonchev–Trinajstić information content (AvgIpc) is 2.62. The highest BCUT2D eigenvalue weighted by Gasteiger charge is 2.06. The maximum atomic E-state index is 12.1. The number of anilines is 1. The first-order valence-electron chi connectivity index (χ1n) is 8.05. The van der Waals surface area contributed by atoms with E-state index >= 15 is 0 Å². The lowest BCUT2D eigenvalue weighted by Crippen LogP contribution is -2.17. The molecule has 7 nitrogen and oxygen atoms in total. The van der Waals surface area contributed by atoms with Gasteiger partial charge in [0, 0.05) is 18.2 Å². The average molecular weight is 355 g/mol. The third-order valence-electron chi connectivity index (χ3n) is 3.33. The van der Waals surface area contributed by atoms with Gasteiger partial charge in [0.1, 0.15) is 0 Å². The molecular weight excluding hydrogens is 334 g/mol. The maximum absolute atomic E-state index is 12.1. The van der Waals surface area contributed by atoms with E-state index in [1.54, 1.807) is 49.6 Å². The first kappa shape index (κ1) is 19.0.